The van der Waals surface area contributed by atoms with Crippen LogP contribution in [0.1, 0.15) is 43.7 Å². The molecule has 1 aromatic rings. The van der Waals surface area contributed by atoms with E-state index < -0.39 is 0 Å². The van der Waals surface area contributed by atoms with E-state index in [4.69, 9.17) is 6.42 Å². The van der Waals surface area contributed by atoms with Gasteiger partial charge in [-0.15, -0.1) is 12.3 Å². The molecule has 0 heterocycles. The lowest BCUT2D eigenvalue weighted by atomic mass is 10.0. The predicted molar refractivity (Wildman–Crippen MR) is 86.0 cm³/mol. The third-order valence-corrected chi connectivity index (χ3v) is 3.06. The Labute approximate surface area is 122 Å². The predicted octanol–water partition coefficient (Wildman–Crippen LogP) is 3.82. The maximum Gasteiger partial charge on any atom is 0.0760 e. The smallest absolute Gasteiger partial charge is 0.0760 e. The number of unbranched alkanes of at least 4 members (excludes halogenated alkanes) is 3. The van der Waals surface area contributed by atoms with Gasteiger partial charge in [0.05, 0.1) is 6.61 Å². The third kappa shape index (κ3) is 5.79. The highest BCUT2D eigenvalue weighted by atomic mass is 16.3. The molecule has 0 spiro atoms. The van der Waals surface area contributed by atoms with E-state index in [1.807, 2.05) is 18.2 Å². The van der Waals surface area contributed by atoms with Crippen molar-refractivity contribution in [2.45, 2.75) is 39.0 Å². The fraction of sp³-hybridized carbons (Fsp3) is 0.368. The molecule has 0 radical (unpaired) electrons. The number of hydrogen-bond donors (Lipinski definition) is 1. The number of hydrogen-bond acceptors (Lipinski definition) is 1. The molecule has 0 aliphatic carbocycles. The lowest BCUT2D eigenvalue weighted by molar-refractivity contribution is 0.337. The van der Waals surface area contributed by atoms with Crippen LogP contribution in [-0.4, -0.2) is 11.7 Å². The zero-order valence-corrected chi connectivity index (χ0v) is 12.2. The Bertz CT molecular complexity index is 535. The Kier molecular flexibility index (Phi) is 7.97. The minimum Gasteiger partial charge on any atom is -0.391 e. The third-order valence-electron chi connectivity index (χ3n) is 3.06. The van der Waals surface area contributed by atoms with Gasteiger partial charge in [-0.2, -0.15) is 0 Å². The Balaban J connectivity index is 2.68. The lowest BCUT2D eigenvalue weighted by Gasteiger charge is -2.03. The normalized spacial score (nSPS) is 10.6. The summed E-state index contributed by atoms with van der Waals surface area (Å²) < 4.78 is 0. The van der Waals surface area contributed by atoms with Gasteiger partial charge in [0.1, 0.15) is 0 Å². The minimum absolute atomic E-state index is 0.0184. The molecule has 0 unspecified atom stereocenters. The van der Waals surface area contributed by atoms with Gasteiger partial charge in [-0.1, -0.05) is 43.0 Å². The highest BCUT2D eigenvalue weighted by Gasteiger charge is 1.98. The van der Waals surface area contributed by atoms with Crippen LogP contribution in [0.25, 0.3) is 6.08 Å². The molecular weight excluding hydrogens is 244 g/mol. The quantitative estimate of drug-likeness (QED) is 0.613. The van der Waals surface area contributed by atoms with Crippen LogP contribution in [0.4, 0.5) is 0 Å². The molecular formula is C19H22O. The monoisotopic (exact) mass is 266 g/mol. The van der Waals surface area contributed by atoms with Crippen molar-refractivity contribution < 1.29 is 5.11 Å². The van der Waals surface area contributed by atoms with Crippen molar-refractivity contribution in [1.29, 1.82) is 0 Å². The van der Waals surface area contributed by atoms with E-state index in [-0.39, 0.29) is 6.61 Å². The van der Waals surface area contributed by atoms with E-state index in [2.05, 4.69) is 36.8 Å². The molecule has 0 amide bonds. The summed E-state index contributed by atoms with van der Waals surface area (Å²) in [6.45, 7) is 2.11. The molecule has 0 bridgehead atoms. The number of aliphatic hydroxyl groups excluding tert-OH is 1. The van der Waals surface area contributed by atoms with Crippen LogP contribution in [0, 0.1) is 24.2 Å². The first-order chi connectivity index (χ1) is 9.81. The molecule has 104 valence electrons. The first kappa shape index (κ1) is 16.1. The fourth-order valence-corrected chi connectivity index (χ4v) is 1.92. The van der Waals surface area contributed by atoms with E-state index in [0.29, 0.717) is 0 Å². The summed E-state index contributed by atoms with van der Waals surface area (Å²) in [6, 6.07) is 8.20. The number of aryl methyl sites for hydroxylation is 1. The van der Waals surface area contributed by atoms with Gasteiger partial charge in [-0.25, -0.2) is 0 Å². The van der Waals surface area contributed by atoms with Crippen molar-refractivity contribution in [2.75, 3.05) is 6.61 Å². The zero-order valence-electron chi connectivity index (χ0n) is 12.2. The summed E-state index contributed by atoms with van der Waals surface area (Å²) in [7, 11) is 0. The summed E-state index contributed by atoms with van der Waals surface area (Å²) in [6.07, 6.45) is 11.8. The molecule has 1 heteroatoms. The van der Waals surface area contributed by atoms with Crippen LogP contribution in [0.2, 0.25) is 0 Å². The molecule has 0 saturated heterocycles. The van der Waals surface area contributed by atoms with Crippen LogP contribution in [0.15, 0.2) is 29.8 Å². The second kappa shape index (κ2) is 9.90. The molecule has 0 fully saturated rings. The number of rotatable bonds is 6. The van der Waals surface area contributed by atoms with E-state index in [1.54, 1.807) is 0 Å². The number of aliphatic hydroxyl groups is 1. The Hall–Kier alpha value is -1.96. The maximum absolute atomic E-state index is 9.39. The minimum atomic E-state index is -0.0184. The van der Waals surface area contributed by atoms with E-state index >= 15 is 0 Å². The standard InChI is InChI=1S/C19H22O/c1-3-5-6-7-8-9-12-17(16-20)15-19-14-11-10-13-18(19)4-2/h1,10-11,13-15,20H,4-8,16H2,2H3/b17-15+. The van der Waals surface area contributed by atoms with E-state index in [0.717, 1.165) is 43.2 Å². The molecule has 20 heavy (non-hydrogen) atoms. The molecule has 0 aromatic heterocycles. The molecule has 0 atom stereocenters. The molecule has 0 saturated carbocycles. The molecule has 1 rings (SSSR count). The van der Waals surface area contributed by atoms with Gasteiger partial charge < -0.3 is 5.11 Å². The zero-order chi connectivity index (χ0) is 14.6. The Morgan fingerprint density at radius 1 is 1.25 bits per heavy atom. The van der Waals surface area contributed by atoms with Gasteiger partial charge in [-0.3, -0.25) is 0 Å². The van der Waals surface area contributed by atoms with Gasteiger partial charge in [0.25, 0.3) is 0 Å². The second-order valence-corrected chi connectivity index (χ2v) is 4.59. The van der Waals surface area contributed by atoms with Crippen LogP contribution >= 0.6 is 0 Å². The lowest BCUT2D eigenvalue weighted by Crippen LogP contribution is -1.90. The number of benzene rings is 1. The summed E-state index contributed by atoms with van der Waals surface area (Å²) >= 11 is 0. The summed E-state index contributed by atoms with van der Waals surface area (Å²) in [5, 5.41) is 9.39. The molecule has 0 aliphatic heterocycles. The molecule has 1 aromatic carbocycles. The first-order valence-electron chi connectivity index (χ1n) is 7.13. The van der Waals surface area contributed by atoms with Crippen molar-refractivity contribution in [2.24, 2.45) is 0 Å². The highest BCUT2D eigenvalue weighted by molar-refractivity contribution is 5.61. The summed E-state index contributed by atoms with van der Waals surface area (Å²) in [5.74, 6) is 8.79. The average molecular weight is 266 g/mol. The van der Waals surface area contributed by atoms with Crippen LogP contribution in [0.5, 0.6) is 0 Å². The van der Waals surface area contributed by atoms with Crippen LogP contribution in [-0.2, 0) is 6.42 Å². The molecule has 0 aliphatic rings. The first-order valence-corrected chi connectivity index (χ1v) is 7.13. The van der Waals surface area contributed by atoms with Crippen molar-refractivity contribution in [1.82, 2.24) is 0 Å². The van der Waals surface area contributed by atoms with Gasteiger partial charge in [-0.05, 0) is 36.5 Å². The van der Waals surface area contributed by atoms with Gasteiger partial charge in [0.15, 0.2) is 0 Å². The SMILES string of the molecule is C#CCCCCC#C/C(=C\c1ccccc1CC)CO. The Morgan fingerprint density at radius 3 is 2.70 bits per heavy atom. The summed E-state index contributed by atoms with van der Waals surface area (Å²) in [5.41, 5.74) is 3.18. The van der Waals surface area contributed by atoms with E-state index in [9.17, 15) is 5.11 Å². The van der Waals surface area contributed by atoms with Gasteiger partial charge >= 0.3 is 0 Å². The summed E-state index contributed by atoms with van der Waals surface area (Å²) in [4.78, 5) is 0. The Morgan fingerprint density at radius 2 is 2.00 bits per heavy atom. The van der Waals surface area contributed by atoms with Gasteiger partial charge in [0.2, 0.25) is 0 Å². The topological polar surface area (TPSA) is 20.2 Å². The fourth-order valence-electron chi connectivity index (χ4n) is 1.92. The van der Waals surface area contributed by atoms with Crippen molar-refractivity contribution in [3.8, 4) is 24.2 Å². The highest BCUT2D eigenvalue weighted by Crippen LogP contribution is 2.13. The van der Waals surface area contributed by atoms with Crippen LogP contribution in [0.3, 0.4) is 0 Å². The molecule has 1 nitrogen and oxygen atoms in total. The van der Waals surface area contributed by atoms with Crippen molar-refractivity contribution in [3.05, 3.63) is 41.0 Å². The van der Waals surface area contributed by atoms with Crippen LogP contribution < -0.4 is 0 Å². The molecule has 1 N–H and O–H groups in total. The van der Waals surface area contributed by atoms with Crippen molar-refractivity contribution in [3.63, 3.8) is 0 Å². The number of terminal acetylenes is 1. The van der Waals surface area contributed by atoms with Crippen molar-refractivity contribution >= 4 is 6.08 Å². The largest absolute Gasteiger partial charge is 0.391 e. The second-order valence-electron chi connectivity index (χ2n) is 4.59. The average Bonchev–Trinajstić information content (AvgIpc) is 2.50. The maximum atomic E-state index is 9.39. The van der Waals surface area contributed by atoms with E-state index in [1.165, 1.54) is 5.56 Å². The van der Waals surface area contributed by atoms with Gasteiger partial charge in [0, 0.05) is 18.4 Å².